The van der Waals surface area contributed by atoms with Crippen LogP contribution in [0.2, 0.25) is 0 Å². The summed E-state index contributed by atoms with van der Waals surface area (Å²) in [7, 11) is 0. The number of likely N-dealkylation sites (tertiary alicyclic amines) is 1. The Morgan fingerprint density at radius 3 is 3.00 bits per heavy atom. The highest BCUT2D eigenvalue weighted by molar-refractivity contribution is 5.92. The summed E-state index contributed by atoms with van der Waals surface area (Å²) in [6.07, 6.45) is 2.07. The Balaban J connectivity index is 2.09. The molecule has 5 heteroatoms. The van der Waals surface area contributed by atoms with E-state index in [1.54, 1.807) is 4.90 Å². The first kappa shape index (κ1) is 11.0. The van der Waals surface area contributed by atoms with Crippen molar-refractivity contribution >= 4 is 5.91 Å². The van der Waals surface area contributed by atoms with Gasteiger partial charge < -0.3 is 10.0 Å². The van der Waals surface area contributed by atoms with E-state index in [9.17, 15) is 14.3 Å². The smallest absolute Gasteiger partial charge is 0.272 e. The lowest BCUT2D eigenvalue weighted by Gasteiger charge is -2.29. The largest absolute Gasteiger partial charge is 0.391 e. The maximum atomic E-state index is 12.6. The Morgan fingerprint density at radius 1 is 1.56 bits per heavy atom. The maximum absolute atomic E-state index is 12.6. The molecule has 1 saturated heterocycles. The summed E-state index contributed by atoms with van der Waals surface area (Å²) in [6.45, 7) is 0.951. The van der Waals surface area contributed by atoms with Gasteiger partial charge in [-0.15, -0.1) is 0 Å². The number of piperidine rings is 1. The normalized spacial score (nSPS) is 20.9. The molecule has 1 aliphatic heterocycles. The van der Waals surface area contributed by atoms with Gasteiger partial charge in [0.15, 0.2) is 0 Å². The second kappa shape index (κ2) is 4.57. The molecule has 1 amide bonds. The van der Waals surface area contributed by atoms with Crippen LogP contribution in [0.5, 0.6) is 0 Å². The quantitative estimate of drug-likeness (QED) is 0.768. The van der Waals surface area contributed by atoms with Gasteiger partial charge in [-0.25, -0.2) is 9.37 Å². The number of aromatic nitrogens is 1. The average Bonchev–Trinajstić information content (AvgIpc) is 2.29. The molecular formula is C11H13FN2O2. The predicted octanol–water partition coefficient (Wildman–Crippen LogP) is 0.818. The number of amides is 1. The van der Waals surface area contributed by atoms with E-state index in [1.807, 2.05) is 0 Å². The molecule has 2 rings (SSSR count). The molecular weight excluding hydrogens is 211 g/mol. The van der Waals surface area contributed by atoms with E-state index in [-0.39, 0.29) is 11.6 Å². The first-order chi connectivity index (χ1) is 7.66. The van der Waals surface area contributed by atoms with Crippen LogP contribution in [0.1, 0.15) is 23.3 Å². The fraction of sp³-hybridized carbons (Fsp3) is 0.455. The molecule has 1 N–H and O–H groups in total. The molecule has 0 aliphatic carbocycles. The number of aliphatic hydroxyl groups excluding tert-OH is 1. The monoisotopic (exact) mass is 224 g/mol. The summed E-state index contributed by atoms with van der Waals surface area (Å²) in [5.74, 6) is -0.714. The van der Waals surface area contributed by atoms with Crippen molar-refractivity contribution in [3.63, 3.8) is 0 Å². The first-order valence-corrected chi connectivity index (χ1v) is 5.26. The van der Waals surface area contributed by atoms with Crippen LogP contribution >= 0.6 is 0 Å². The predicted molar refractivity (Wildman–Crippen MR) is 55.3 cm³/mol. The third-order valence-corrected chi connectivity index (χ3v) is 2.63. The number of carbonyl (C=O) groups excluding carboxylic acids is 1. The van der Waals surface area contributed by atoms with E-state index < -0.39 is 11.9 Å². The third kappa shape index (κ3) is 2.36. The van der Waals surface area contributed by atoms with E-state index in [1.165, 1.54) is 12.1 Å². The summed E-state index contributed by atoms with van der Waals surface area (Å²) in [5.41, 5.74) is 0.218. The number of halogens is 1. The number of aliphatic hydroxyl groups is 1. The van der Waals surface area contributed by atoms with Crippen LogP contribution in [-0.2, 0) is 0 Å². The summed E-state index contributed by atoms with van der Waals surface area (Å²) in [5, 5.41) is 9.45. The lowest BCUT2D eigenvalue weighted by Crippen LogP contribution is -2.42. The Labute approximate surface area is 92.7 Å². The van der Waals surface area contributed by atoms with Gasteiger partial charge in [-0.05, 0) is 25.0 Å². The van der Waals surface area contributed by atoms with Gasteiger partial charge in [0, 0.05) is 13.1 Å². The van der Waals surface area contributed by atoms with Crippen molar-refractivity contribution in [1.29, 1.82) is 0 Å². The minimum Gasteiger partial charge on any atom is -0.391 e. The molecule has 86 valence electrons. The Morgan fingerprint density at radius 2 is 2.38 bits per heavy atom. The second-order valence-corrected chi connectivity index (χ2v) is 3.91. The summed E-state index contributed by atoms with van der Waals surface area (Å²) in [6, 6.07) is 2.57. The highest BCUT2D eigenvalue weighted by Gasteiger charge is 2.23. The molecule has 1 atom stereocenters. The van der Waals surface area contributed by atoms with Crippen molar-refractivity contribution in [2.75, 3.05) is 13.1 Å². The summed E-state index contributed by atoms with van der Waals surface area (Å²) < 4.78 is 12.6. The van der Waals surface area contributed by atoms with Gasteiger partial charge in [-0.1, -0.05) is 0 Å². The zero-order chi connectivity index (χ0) is 11.5. The van der Waals surface area contributed by atoms with Crippen LogP contribution in [0.15, 0.2) is 18.3 Å². The van der Waals surface area contributed by atoms with E-state index in [2.05, 4.69) is 4.98 Å². The zero-order valence-corrected chi connectivity index (χ0v) is 8.77. The molecule has 0 spiro atoms. The number of rotatable bonds is 1. The van der Waals surface area contributed by atoms with Crippen molar-refractivity contribution in [2.45, 2.75) is 18.9 Å². The Bertz CT molecular complexity index is 380. The van der Waals surface area contributed by atoms with E-state index >= 15 is 0 Å². The topological polar surface area (TPSA) is 53.4 Å². The van der Waals surface area contributed by atoms with E-state index in [0.717, 1.165) is 19.0 Å². The minimum absolute atomic E-state index is 0.218. The summed E-state index contributed by atoms with van der Waals surface area (Å²) >= 11 is 0. The molecule has 0 saturated carbocycles. The molecule has 0 radical (unpaired) electrons. The number of carbonyl (C=O) groups is 1. The summed E-state index contributed by atoms with van der Waals surface area (Å²) in [4.78, 5) is 17.2. The molecule has 1 aromatic heterocycles. The second-order valence-electron chi connectivity index (χ2n) is 3.91. The van der Waals surface area contributed by atoms with Crippen LogP contribution in [0.25, 0.3) is 0 Å². The average molecular weight is 224 g/mol. The molecule has 16 heavy (non-hydrogen) atoms. The van der Waals surface area contributed by atoms with E-state index in [4.69, 9.17) is 0 Å². The number of nitrogens with zero attached hydrogens (tertiary/aromatic N) is 2. The first-order valence-electron chi connectivity index (χ1n) is 5.26. The molecule has 2 heterocycles. The molecule has 0 aromatic carbocycles. The van der Waals surface area contributed by atoms with Crippen molar-refractivity contribution in [3.8, 4) is 0 Å². The lowest BCUT2D eigenvalue weighted by atomic mass is 10.1. The number of β-amino-alcohol motifs (C(OH)–C–C–N with tert-alkyl or cyclic N) is 1. The highest BCUT2D eigenvalue weighted by Crippen LogP contribution is 2.12. The highest BCUT2D eigenvalue weighted by atomic mass is 19.1. The lowest BCUT2D eigenvalue weighted by molar-refractivity contribution is 0.0469. The van der Waals surface area contributed by atoms with Crippen LogP contribution in [-0.4, -0.2) is 40.1 Å². The molecule has 1 fully saturated rings. The Hall–Kier alpha value is -1.49. The van der Waals surface area contributed by atoms with Gasteiger partial charge in [-0.3, -0.25) is 4.79 Å². The van der Waals surface area contributed by atoms with Crippen molar-refractivity contribution in [2.24, 2.45) is 0 Å². The molecule has 0 unspecified atom stereocenters. The van der Waals surface area contributed by atoms with Gasteiger partial charge in [0.05, 0.1) is 12.3 Å². The fourth-order valence-corrected chi connectivity index (χ4v) is 1.80. The van der Waals surface area contributed by atoms with Gasteiger partial charge in [0.25, 0.3) is 5.91 Å². The van der Waals surface area contributed by atoms with Crippen molar-refractivity contribution in [3.05, 3.63) is 29.8 Å². The van der Waals surface area contributed by atoms with Gasteiger partial charge >= 0.3 is 0 Å². The molecule has 1 aromatic rings. The van der Waals surface area contributed by atoms with Crippen LogP contribution in [0.4, 0.5) is 4.39 Å². The van der Waals surface area contributed by atoms with Crippen LogP contribution in [0.3, 0.4) is 0 Å². The molecule has 0 bridgehead atoms. The van der Waals surface area contributed by atoms with Gasteiger partial charge in [0.1, 0.15) is 11.5 Å². The number of hydrogen-bond acceptors (Lipinski definition) is 3. The standard InChI is InChI=1S/C11H13FN2O2/c12-8-3-4-10(13-6-8)11(16)14-5-1-2-9(15)7-14/h3-4,6,9,15H,1-2,5,7H2/t9-/m0/s1. The van der Waals surface area contributed by atoms with Crippen molar-refractivity contribution < 1.29 is 14.3 Å². The van der Waals surface area contributed by atoms with Gasteiger partial charge in [-0.2, -0.15) is 0 Å². The number of pyridine rings is 1. The third-order valence-electron chi connectivity index (χ3n) is 2.63. The van der Waals surface area contributed by atoms with Crippen LogP contribution < -0.4 is 0 Å². The number of hydrogen-bond donors (Lipinski definition) is 1. The van der Waals surface area contributed by atoms with Crippen molar-refractivity contribution in [1.82, 2.24) is 9.88 Å². The fourth-order valence-electron chi connectivity index (χ4n) is 1.80. The van der Waals surface area contributed by atoms with E-state index in [0.29, 0.717) is 13.1 Å². The SMILES string of the molecule is O=C(c1ccc(F)cn1)N1CCC[C@H](O)C1. The minimum atomic E-state index is -0.463. The molecule has 4 nitrogen and oxygen atoms in total. The maximum Gasteiger partial charge on any atom is 0.272 e. The van der Waals surface area contributed by atoms with Gasteiger partial charge in [0.2, 0.25) is 0 Å². The van der Waals surface area contributed by atoms with Crippen LogP contribution in [0, 0.1) is 5.82 Å². The molecule has 1 aliphatic rings. The zero-order valence-electron chi connectivity index (χ0n) is 8.77. The Kier molecular flexibility index (Phi) is 3.14.